The number of aromatic nitrogens is 3. The molecule has 18 nitrogen and oxygen atoms in total. The number of nitrogens with two attached hydrogens (primary N) is 1. The van der Waals surface area contributed by atoms with Crippen LogP contribution in [0, 0.1) is 11.8 Å². The molecule has 0 bridgehead atoms. The van der Waals surface area contributed by atoms with E-state index in [9.17, 15) is 38.5 Å². The van der Waals surface area contributed by atoms with Crippen molar-refractivity contribution >= 4 is 29.4 Å². The Morgan fingerprint density at radius 2 is 1.85 bits per heavy atom. The van der Waals surface area contributed by atoms with Crippen molar-refractivity contribution in [2.45, 2.75) is 44.0 Å². The molecular weight excluding hydrogens is 517 g/mol. The quantitative estimate of drug-likeness (QED) is 0.139. The maximum Gasteiger partial charge on any atom is 0.490 e. The zero-order chi connectivity index (χ0) is 25.4. The molecule has 1 saturated heterocycles. The molecule has 1 aliphatic heterocycles. The van der Waals surface area contributed by atoms with Gasteiger partial charge in [0.2, 0.25) is 5.95 Å². The third-order valence-corrected chi connectivity index (χ3v) is 7.85. The van der Waals surface area contributed by atoms with E-state index in [0.717, 1.165) is 13.3 Å². The van der Waals surface area contributed by atoms with Gasteiger partial charge < -0.3 is 40.3 Å². The van der Waals surface area contributed by atoms with Gasteiger partial charge >= 0.3 is 29.2 Å². The SMILES string of the molecule is CC#CC1(O)[C@@H](O)[C@@H]([C@H](C)OP(=O)(O)OP(=O)(O)OP(=O)(O)O)O[C@H]1n1cnc(N)nc1=O. The summed E-state index contributed by atoms with van der Waals surface area (Å²) in [4.78, 5) is 55.1. The van der Waals surface area contributed by atoms with Crippen LogP contribution in [0.4, 0.5) is 5.95 Å². The molecule has 2 heterocycles. The Morgan fingerprint density at radius 1 is 1.24 bits per heavy atom. The fraction of sp³-hybridized carbons (Fsp3) is 0.583. The van der Waals surface area contributed by atoms with Gasteiger partial charge in [0.25, 0.3) is 0 Å². The topological polar surface area (TPSA) is 283 Å². The monoisotopic (exact) mass is 536 g/mol. The molecule has 0 aliphatic carbocycles. The average Bonchev–Trinajstić information content (AvgIpc) is 2.83. The number of phosphoric acid groups is 3. The van der Waals surface area contributed by atoms with E-state index in [-0.39, 0.29) is 0 Å². The predicted molar refractivity (Wildman–Crippen MR) is 103 cm³/mol. The third kappa shape index (κ3) is 6.75. The molecule has 1 fully saturated rings. The van der Waals surface area contributed by atoms with Gasteiger partial charge in [-0.1, -0.05) is 5.92 Å². The Balaban J connectivity index is 2.31. The first kappa shape index (κ1) is 27.7. The molecule has 0 spiro atoms. The van der Waals surface area contributed by atoms with Crippen molar-refractivity contribution in [2.24, 2.45) is 0 Å². The highest BCUT2D eigenvalue weighted by atomic mass is 31.3. The fourth-order valence-electron chi connectivity index (χ4n) is 2.79. The standard InChI is InChI=1S/C12H19N4O14P3/c1-3-4-12(19)8(17)7(27-9(12)16-5-14-10(13)15-11(16)18)6(2)28-32(23,24)30-33(25,26)29-31(20,21)22/h5-9,17,19H,1-2H3,(H,23,24)(H,25,26)(H2,13,15,18)(H2,20,21,22)/t6-,7+,8-,9+,12?/m0/s1. The molecule has 33 heavy (non-hydrogen) atoms. The molecule has 2 rings (SSSR count). The van der Waals surface area contributed by atoms with E-state index < -0.39 is 65.2 Å². The van der Waals surface area contributed by atoms with Gasteiger partial charge in [0.1, 0.15) is 18.5 Å². The number of ether oxygens (including phenoxy) is 1. The van der Waals surface area contributed by atoms with Crippen LogP contribution in [0.15, 0.2) is 11.1 Å². The first-order valence-corrected chi connectivity index (χ1v) is 13.0. The number of rotatable bonds is 8. The second-order valence-electron chi connectivity index (χ2n) is 6.40. The lowest BCUT2D eigenvalue weighted by molar-refractivity contribution is -0.0873. The molecule has 0 amide bonds. The van der Waals surface area contributed by atoms with E-state index in [1.54, 1.807) is 0 Å². The Labute approximate surface area is 184 Å². The Hall–Kier alpha value is -1.54. The number of aliphatic hydroxyl groups excluding tert-OH is 1. The van der Waals surface area contributed by atoms with Crippen molar-refractivity contribution in [1.29, 1.82) is 0 Å². The molecule has 7 atom stereocenters. The van der Waals surface area contributed by atoms with E-state index in [1.165, 1.54) is 6.92 Å². The molecule has 186 valence electrons. The van der Waals surface area contributed by atoms with Gasteiger partial charge in [0, 0.05) is 0 Å². The minimum Gasteiger partial charge on any atom is -0.386 e. The van der Waals surface area contributed by atoms with E-state index >= 15 is 0 Å². The summed E-state index contributed by atoms with van der Waals surface area (Å²) in [7, 11) is -17.0. The maximum absolute atomic E-state index is 12.1. The summed E-state index contributed by atoms with van der Waals surface area (Å²) in [5.41, 5.74) is 1.74. The second kappa shape index (κ2) is 9.61. The van der Waals surface area contributed by atoms with Crippen LogP contribution >= 0.6 is 23.5 Å². The van der Waals surface area contributed by atoms with Gasteiger partial charge in [-0.3, -0.25) is 9.09 Å². The molecule has 21 heteroatoms. The van der Waals surface area contributed by atoms with Crippen LogP contribution in [-0.2, 0) is 31.6 Å². The third-order valence-electron chi connectivity index (χ3n) is 3.93. The summed E-state index contributed by atoms with van der Waals surface area (Å²) in [5, 5.41) is 21.5. The molecule has 8 N–H and O–H groups in total. The summed E-state index contributed by atoms with van der Waals surface area (Å²) in [6.07, 6.45) is -6.41. The van der Waals surface area contributed by atoms with Gasteiger partial charge in [-0.2, -0.15) is 13.6 Å². The van der Waals surface area contributed by atoms with E-state index in [2.05, 4.69) is 35.0 Å². The second-order valence-corrected chi connectivity index (χ2v) is 10.8. The van der Waals surface area contributed by atoms with Gasteiger partial charge in [-0.25, -0.2) is 23.5 Å². The maximum atomic E-state index is 12.1. The lowest BCUT2D eigenvalue weighted by Crippen LogP contribution is -2.49. The lowest BCUT2D eigenvalue weighted by atomic mass is 9.93. The highest BCUT2D eigenvalue weighted by Gasteiger charge is 2.58. The minimum atomic E-state index is -5.80. The molecule has 1 aliphatic rings. The van der Waals surface area contributed by atoms with Crippen LogP contribution in [0.5, 0.6) is 0 Å². The van der Waals surface area contributed by atoms with E-state index in [1.807, 2.05) is 0 Å². The number of nitrogens with zero attached hydrogens (tertiary/aromatic N) is 3. The van der Waals surface area contributed by atoms with Gasteiger partial charge in [-0.15, -0.1) is 5.92 Å². The largest absolute Gasteiger partial charge is 0.490 e. The lowest BCUT2D eigenvalue weighted by Gasteiger charge is -2.27. The van der Waals surface area contributed by atoms with E-state index in [4.69, 9.17) is 20.3 Å². The highest BCUT2D eigenvalue weighted by Crippen LogP contribution is 2.66. The van der Waals surface area contributed by atoms with Crippen molar-refractivity contribution in [3.05, 3.63) is 16.8 Å². The smallest absolute Gasteiger partial charge is 0.386 e. The van der Waals surface area contributed by atoms with Crippen LogP contribution in [0.1, 0.15) is 20.1 Å². The molecule has 1 aromatic rings. The van der Waals surface area contributed by atoms with Crippen molar-refractivity contribution in [1.82, 2.24) is 14.5 Å². The van der Waals surface area contributed by atoms with Crippen LogP contribution in [0.3, 0.4) is 0 Å². The molecule has 1 aromatic heterocycles. The fourth-order valence-corrected chi connectivity index (χ4v) is 5.99. The zero-order valence-electron chi connectivity index (χ0n) is 16.6. The van der Waals surface area contributed by atoms with Crippen molar-refractivity contribution in [3.8, 4) is 11.8 Å². The number of nitrogen functional groups attached to an aromatic ring is 1. The van der Waals surface area contributed by atoms with Crippen molar-refractivity contribution < 1.29 is 61.4 Å². The van der Waals surface area contributed by atoms with Gasteiger partial charge in [0.15, 0.2) is 11.8 Å². The van der Waals surface area contributed by atoms with Crippen LogP contribution in [0.2, 0.25) is 0 Å². The normalized spacial score (nSPS) is 30.0. The number of hydrogen-bond donors (Lipinski definition) is 7. The molecule has 3 unspecified atom stereocenters. The molecular formula is C12H19N4O14P3. The van der Waals surface area contributed by atoms with Crippen LogP contribution in [-0.4, -0.2) is 68.2 Å². The first-order valence-electron chi connectivity index (χ1n) is 8.43. The number of phosphoric ester groups is 1. The number of anilines is 1. The zero-order valence-corrected chi connectivity index (χ0v) is 19.3. The van der Waals surface area contributed by atoms with Gasteiger partial charge in [0.05, 0.1) is 6.10 Å². The average molecular weight is 536 g/mol. The Kier molecular flexibility index (Phi) is 8.06. The molecule has 0 aromatic carbocycles. The minimum absolute atomic E-state index is 0.405. The summed E-state index contributed by atoms with van der Waals surface area (Å²) in [5.74, 6) is 4.16. The first-order chi connectivity index (χ1) is 14.9. The van der Waals surface area contributed by atoms with Crippen molar-refractivity contribution in [2.75, 3.05) is 5.73 Å². The Bertz CT molecular complexity index is 1160. The summed E-state index contributed by atoms with van der Waals surface area (Å²) >= 11 is 0. The summed E-state index contributed by atoms with van der Waals surface area (Å²) in [6, 6.07) is 0. The van der Waals surface area contributed by atoms with E-state index in [0.29, 0.717) is 4.57 Å². The predicted octanol–water partition coefficient (Wildman–Crippen LogP) is -2.04. The summed E-state index contributed by atoms with van der Waals surface area (Å²) in [6.45, 7) is 2.28. The summed E-state index contributed by atoms with van der Waals surface area (Å²) < 4.78 is 52.0. The highest BCUT2D eigenvalue weighted by molar-refractivity contribution is 7.66. The van der Waals surface area contributed by atoms with Crippen LogP contribution in [0.25, 0.3) is 0 Å². The number of aliphatic hydroxyl groups is 2. The molecule has 0 radical (unpaired) electrons. The van der Waals surface area contributed by atoms with Crippen LogP contribution < -0.4 is 11.4 Å². The van der Waals surface area contributed by atoms with Gasteiger partial charge in [-0.05, 0) is 13.8 Å². The number of hydrogen-bond acceptors (Lipinski definition) is 13. The van der Waals surface area contributed by atoms with Crippen molar-refractivity contribution in [3.63, 3.8) is 0 Å². The molecule has 0 saturated carbocycles. The Morgan fingerprint density at radius 3 is 2.36 bits per heavy atom.